The molecule has 0 aliphatic rings. The second-order valence-corrected chi connectivity index (χ2v) is 6.52. The van der Waals surface area contributed by atoms with E-state index in [1.165, 1.54) is 9.75 Å². The molecule has 17 heavy (non-hydrogen) atoms. The molecule has 0 bridgehead atoms. The molecule has 0 aliphatic heterocycles. The molecular weight excluding hydrogens is 302 g/mol. The molecule has 96 valence electrons. The highest BCUT2D eigenvalue weighted by molar-refractivity contribution is 9.10. The minimum absolute atomic E-state index is 0.198. The van der Waals surface area contributed by atoms with Crippen molar-refractivity contribution in [1.29, 1.82) is 0 Å². The summed E-state index contributed by atoms with van der Waals surface area (Å²) in [7, 11) is 0. The molecule has 0 aliphatic carbocycles. The van der Waals surface area contributed by atoms with Gasteiger partial charge in [0, 0.05) is 33.4 Å². The molecule has 0 spiro atoms. The van der Waals surface area contributed by atoms with Crippen LogP contribution < -0.4 is 0 Å². The van der Waals surface area contributed by atoms with E-state index < -0.39 is 5.97 Å². The fourth-order valence-corrected chi connectivity index (χ4v) is 3.18. The Morgan fingerprint density at radius 1 is 1.59 bits per heavy atom. The van der Waals surface area contributed by atoms with E-state index in [1.807, 2.05) is 0 Å². The third-order valence-electron chi connectivity index (χ3n) is 2.61. The summed E-state index contributed by atoms with van der Waals surface area (Å²) in [6, 6.07) is 2.48. The first-order chi connectivity index (χ1) is 7.90. The average molecular weight is 320 g/mol. The maximum Gasteiger partial charge on any atom is 0.304 e. The van der Waals surface area contributed by atoms with Crippen molar-refractivity contribution in [1.82, 2.24) is 4.90 Å². The molecular formula is C12H18BrNO2S. The third kappa shape index (κ3) is 4.77. The number of hydrogen-bond donors (Lipinski definition) is 1. The van der Waals surface area contributed by atoms with Gasteiger partial charge < -0.3 is 5.11 Å². The topological polar surface area (TPSA) is 40.5 Å². The van der Waals surface area contributed by atoms with Gasteiger partial charge in [0.15, 0.2) is 0 Å². The molecule has 1 rings (SSSR count). The number of rotatable bonds is 6. The summed E-state index contributed by atoms with van der Waals surface area (Å²) in [4.78, 5) is 15.3. The van der Waals surface area contributed by atoms with Crippen LogP contribution in [0.1, 0.15) is 30.0 Å². The van der Waals surface area contributed by atoms with Gasteiger partial charge >= 0.3 is 5.97 Å². The molecule has 0 amide bonds. The van der Waals surface area contributed by atoms with Crippen molar-refractivity contribution in [2.24, 2.45) is 0 Å². The van der Waals surface area contributed by atoms with E-state index in [0.29, 0.717) is 12.6 Å². The molecule has 0 saturated carbocycles. The third-order valence-corrected chi connectivity index (χ3v) is 4.73. The minimum Gasteiger partial charge on any atom is -0.481 e. The zero-order valence-corrected chi connectivity index (χ0v) is 12.8. The second kappa shape index (κ2) is 6.52. The maximum atomic E-state index is 10.6. The highest BCUT2D eigenvalue weighted by atomic mass is 79.9. The quantitative estimate of drug-likeness (QED) is 0.872. The molecule has 0 unspecified atom stereocenters. The summed E-state index contributed by atoms with van der Waals surface area (Å²) in [6.45, 7) is 7.69. The predicted octanol–water partition coefficient (Wildman–Crippen LogP) is 3.50. The van der Waals surface area contributed by atoms with Crippen LogP contribution in [-0.4, -0.2) is 28.6 Å². The normalized spacial score (nSPS) is 11.4. The Labute approximate surface area is 115 Å². The largest absolute Gasteiger partial charge is 0.481 e. The Bertz CT molecular complexity index is 370. The van der Waals surface area contributed by atoms with E-state index in [9.17, 15) is 4.79 Å². The highest BCUT2D eigenvalue weighted by Gasteiger charge is 2.13. The maximum absolute atomic E-state index is 10.6. The molecule has 1 aromatic heterocycles. The van der Waals surface area contributed by atoms with E-state index in [0.717, 1.165) is 11.0 Å². The van der Waals surface area contributed by atoms with Gasteiger partial charge in [0.05, 0.1) is 6.42 Å². The second-order valence-electron chi connectivity index (χ2n) is 4.32. The molecule has 0 aromatic carbocycles. The number of nitrogens with zero attached hydrogens (tertiary/aromatic N) is 1. The van der Waals surface area contributed by atoms with Gasteiger partial charge in [-0.2, -0.15) is 0 Å². The van der Waals surface area contributed by atoms with Gasteiger partial charge in [-0.05, 0) is 42.8 Å². The number of aryl methyl sites for hydroxylation is 1. The van der Waals surface area contributed by atoms with Crippen LogP contribution in [0, 0.1) is 6.92 Å². The Kier molecular flexibility index (Phi) is 5.62. The summed E-state index contributed by atoms with van der Waals surface area (Å²) in [5, 5.41) is 8.73. The fourth-order valence-electron chi connectivity index (χ4n) is 1.55. The molecule has 3 nitrogen and oxygen atoms in total. The van der Waals surface area contributed by atoms with Gasteiger partial charge in [-0.1, -0.05) is 0 Å². The lowest BCUT2D eigenvalue weighted by Crippen LogP contribution is -2.32. The SMILES string of the molecule is Cc1sc(CN(CCC(=O)O)C(C)C)cc1Br. The molecule has 0 fully saturated rings. The molecule has 1 heterocycles. The number of thiophene rings is 1. The molecule has 0 atom stereocenters. The van der Waals surface area contributed by atoms with E-state index in [1.54, 1.807) is 11.3 Å². The number of halogens is 1. The van der Waals surface area contributed by atoms with Gasteiger partial charge in [-0.3, -0.25) is 9.69 Å². The van der Waals surface area contributed by atoms with E-state index in [-0.39, 0.29) is 6.42 Å². The summed E-state index contributed by atoms with van der Waals surface area (Å²) in [6.07, 6.45) is 0.198. The Morgan fingerprint density at radius 2 is 2.24 bits per heavy atom. The summed E-state index contributed by atoms with van der Waals surface area (Å²) >= 11 is 5.26. The number of hydrogen-bond acceptors (Lipinski definition) is 3. The van der Waals surface area contributed by atoms with Crippen molar-refractivity contribution >= 4 is 33.2 Å². The lowest BCUT2D eigenvalue weighted by atomic mass is 10.2. The van der Waals surface area contributed by atoms with Crippen LogP contribution in [0.15, 0.2) is 10.5 Å². The van der Waals surface area contributed by atoms with Gasteiger partial charge in [-0.25, -0.2) is 0 Å². The van der Waals surface area contributed by atoms with Crippen LogP contribution in [-0.2, 0) is 11.3 Å². The van der Waals surface area contributed by atoms with E-state index >= 15 is 0 Å². The van der Waals surface area contributed by atoms with E-state index in [4.69, 9.17) is 5.11 Å². The van der Waals surface area contributed by atoms with E-state index in [2.05, 4.69) is 47.7 Å². The standard InChI is InChI=1S/C12H18BrNO2S/c1-8(2)14(5-4-12(15)16)7-10-6-11(13)9(3)17-10/h6,8H,4-5,7H2,1-3H3,(H,15,16). The zero-order chi connectivity index (χ0) is 13.0. The summed E-state index contributed by atoms with van der Waals surface area (Å²) in [5.74, 6) is -0.737. The number of carboxylic acids is 1. The van der Waals surface area contributed by atoms with Crippen molar-refractivity contribution in [2.45, 2.75) is 39.8 Å². The average Bonchev–Trinajstić information content (AvgIpc) is 2.52. The first kappa shape index (κ1) is 14.7. The van der Waals surface area contributed by atoms with Crippen molar-refractivity contribution in [3.8, 4) is 0 Å². The smallest absolute Gasteiger partial charge is 0.304 e. The van der Waals surface area contributed by atoms with Crippen LogP contribution in [0.4, 0.5) is 0 Å². The summed E-state index contributed by atoms with van der Waals surface area (Å²) < 4.78 is 1.14. The van der Waals surface area contributed by atoms with Gasteiger partial charge in [0.25, 0.3) is 0 Å². The Hall–Kier alpha value is -0.390. The highest BCUT2D eigenvalue weighted by Crippen LogP contribution is 2.27. The molecule has 0 radical (unpaired) electrons. The predicted molar refractivity (Wildman–Crippen MR) is 74.6 cm³/mol. The molecule has 1 aromatic rings. The van der Waals surface area contributed by atoms with Crippen LogP contribution >= 0.6 is 27.3 Å². The first-order valence-electron chi connectivity index (χ1n) is 5.60. The van der Waals surface area contributed by atoms with Crippen LogP contribution in [0.2, 0.25) is 0 Å². The van der Waals surface area contributed by atoms with Crippen molar-refractivity contribution in [3.05, 3.63) is 20.3 Å². The summed E-state index contributed by atoms with van der Waals surface area (Å²) in [5.41, 5.74) is 0. The minimum atomic E-state index is -0.737. The van der Waals surface area contributed by atoms with Crippen molar-refractivity contribution < 1.29 is 9.90 Å². The lowest BCUT2D eigenvalue weighted by Gasteiger charge is -2.25. The van der Waals surface area contributed by atoms with Crippen molar-refractivity contribution in [2.75, 3.05) is 6.54 Å². The van der Waals surface area contributed by atoms with Crippen LogP contribution in [0.5, 0.6) is 0 Å². The Morgan fingerprint density at radius 3 is 2.65 bits per heavy atom. The van der Waals surface area contributed by atoms with Gasteiger partial charge in [0.2, 0.25) is 0 Å². The Balaban J connectivity index is 2.63. The number of carboxylic acid groups (broad SMARTS) is 1. The van der Waals surface area contributed by atoms with Crippen LogP contribution in [0.25, 0.3) is 0 Å². The number of carbonyl (C=O) groups is 1. The fraction of sp³-hybridized carbons (Fsp3) is 0.583. The van der Waals surface area contributed by atoms with Gasteiger partial charge in [-0.15, -0.1) is 11.3 Å². The molecule has 5 heteroatoms. The lowest BCUT2D eigenvalue weighted by molar-refractivity contribution is -0.137. The molecule has 0 saturated heterocycles. The van der Waals surface area contributed by atoms with Crippen molar-refractivity contribution in [3.63, 3.8) is 0 Å². The monoisotopic (exact) mass is 319 g/mol. The zero-order valence-electron chi connectivity index (χ0n) is 10.4. The number of aliphatic carboxylic acids is 1. The molecule has 1 N–H and O–H groups in total. The van der Waals surface area contributed by atoms with Gasteiger partial charge in [0.1, 0.15) is 0 Å². The first-order valence-corrected chi connectivity index (χ1v) is 7.21. The van der Waals surface area contributed by atoms with Crippen LogP contribution in [0.3, 0.4) is 0 Å².